The van der Waals surface area contributed by atoms with Gasteiger partial charge in [-0.3, -0.25) is 4.79 Å². The number of aliphatic hydroxyl groups is 6. The summed E-state index contributed by atoms with van der Waals surface area (Å²) in [6, 6.07) is 6.88. The third kappa shape index (κ3) is 16.3. The molecule has 8 atom stereocenters. The van der Waals surface area contributed by atoms with E-state index in [4.69, 9.17) is 14.2 Å². The molecule has 1 heterocycles. The number of aryl methyl sites for hydroxylation is 1. The molecule has 11 nitrogen and oxygen atoms in total. The molecule has 0 spiro atoms. The number of ether oxygens (including phenoxy) is 3. The number of amides is 1. The van der Waals surface area contributed by atoms with E-state index in [1.807, 2.05) is 24.3 Å². The lowest BCUT2D eigenvalue weighted by molar-refractivity contribution is -0.303. The SMILES string of the molecule is CCCCCCCCCCCCCC[C@@H](O)[C@@H](O)[C@H](CO[C@H]1O[C@H](CO)[C@H](O)[C@H](O)[C@H]1O)NC(=O)CCCCCc1ccc(OC)cc1. The lowest BCUT2D eigenvalue weighted by Gasteiger charge is -2.40. The molecule has 0 bridgehead atoms. The van der Waals surface area contributed by atoms with E-state index in [-0.39, 0.29) is 18.9 Å². The molecule has 0 unspecified atom stereocenters. The molecule has 48 heavy (non-hydrogen) atoms. The summed E-state index contributed by atoms with van der Waals surface area (Å²) < 4.78 is 16.3. The van der Waals surface area contributed by atoms with Crippen LogP contribution in [-0.4, -0.2) is 106 Å². The fourth-order valence-corrected chi connectivity index (χ4v) is 6.13. The first-order chi connectivity index (χ1) is 23.2. The first-order valence-electron chi connectivity index (χ1n) is 18.4. The summed E-state index contributed by atoms with van der Waals surface area (Å²) in [5, 5.41) is 64.7. The highest BCUT2D eigenvalue weighted by molar-refractivity contribution is 5.76. The Labute approximate surface area is 288 Å². The first-order valence-corrected chi connectivity index (χ1v) is 18.4. The van der Waals surface area contributed by atoms with Crippen molar-refractivity contribution >= 4 is 5.91 Å². The Bertz CT molecular complexity index is 949. The molecule has 0 radical (unpaired) electrons. The Kier molecular flexibility index (Phi) is 22.2. The van der Waals surface area contributed by atoms with Gasteiger partial charge in [-0.2, -0.15) is 0 Å². The molecule has 1 aromatic rings. The maximum Gasteiger partial charge on any atom is 0.220 e. The Balaban J connectivity index is 1.80. The van der Waals surface area contributed by atoms with Gasteiger partial charge in [0.05, 0.1) is 32.5 Å². The summed E-state index contributed by atoms with van der Waals surface area (Å²) in [5.41, 5.74) is 1.19. The maximum absolute atomic E-state index is 12.9. The normalized spacial score (nSPS) is 23.0. The van der Waals surface area contributed by atoms with Crippen LogP contribution in [0.1, 0.15) is 122 Å². The van der Waals surface area contributed by atoms with E-state index in [0.717, 1.165) is 50.7 Å². The largest absolute Gasteiger partial charge is 0.497 e. The fourth-order valence-electron chi connectivity index (χ4n) is 6.13. The van der Waals surface area contributed by atoms with Gasteiger partial charge in [-0.05, 0) is 43.4 Å². The number of benzene rings is 1. The van der Waals surface area contributed by atoms with Crippen molar-refractivity contribution in [3.8, 4) is 5.75 Å². The lowest BCUT2D eigenvalue weighted by atomic mass is 9.98. The molecule has 1 aliphatic heterocycles. The van der Waals surface area contributed by atoms with Crippen LogP contribution >= 0.6 is 0 Å². The zero-order valence-electron chi connectivity index (χ0n) is 29.4. The number of hydrogen-bond donors (Lipinski definition) is 7. The number of nitrogens with one attached hydrogen (secondary N) is 1. The summed E-state index contributed by atoms with van der Waals surface area (Å²) in [6.45, 7) is 1.29. The molecule has 1 aromatic carbocycles. The number of methoxy groups -OCH3 is 1. The number of rotatable bonds is 27. The van der Waals surface area contributed by atoms with Crippen LogP contribution in [0.15, 0.2) is 24.3 Å². The zero-order valence-corrected chi connectivity index (χ0v) is 29.4. The van der Waals surface area contributed by atoms with E-state index in [1.165, 1.54) is 56.9 Å². The van der Waals surface area contributed by atoms with Gasteiger partial charge in [0.2, 0.25) is 5.91 Å². The molecule has 1 aliphatic rings. The van der Waals surface area contributed by atoms with Crippen LogP contribution in [-0.2, 0) is 20.7 Å². The fraction of sp³-hybridized carbons (Fsp3) is 0.811. The molecule has 7 N–H and O–H groups in total. The summed E-state index contributed by atoms with van der Waals surface area (Å²) in [7, 11) is 1.63. The van der Waals surface area contributed by atoms with Crippen LogP contribution in [0.3, 0.4) is 0 Å². The quantitative estimate of drug-likeness (QED) is 0.0673. The first kappa shape index (κ1) is 42.3. The van der Waals surface area contributed by atoms with Crippen LogP contribution < -0.4 is 10.1 Å². The van der Waals surface area contributed by atoms with E-state index >= 15 is 0 Å². The van der Waals surface area contributed by atoms with Crippen LogP contribution in [0.5, 0.6) is 5.75 Å². The van der Waals surface area contributed by atoms with Gasteiger partial charge in [0.15, 0.2) is 6.29 Å². The highest BCUT2D eigenvalue weighted by Gasteiger charge is 2.44. The van der Waals surface area contributed by atoms with Gasteiger partial charge < -0.3 is 50.2 Å². The molecule has 1 saturated heterocycles. The summed E-state index contributed by atoms with van der Waals surface area (Å²) in [4.78, 5) is 12.9. The second-order valence-corrected chi connectivity index (χ2v) is 13.3. The molecule has 2 rings (SSSR count). The van der Waals surface area contributed by atoms with E-state index < -0.39 is 55.6 Å². The van der Waals surface area contributed by atoms with Crippen molar-refractivity contribution in [1.29, 1.82) is 0 Å². The monoisotopic (exact) mass is 683 g/mol. The molecule has 0 aliphatic carbocycles. The predicted molar refractivity (Wildman–Crippen MR) is 185 cm³/mol. The standard InChI is InChI=1S/C37H65NO10/c1-3-4-5-6-7-8-9-10-11-12-13-16-19-30(40)33(42)29(26-47-37-36(45)35(44)34(43)31(25-39)48-37)38-32(41)20-17-14-15-18-27-21-23-28(46-2)24-22-27/h21-24,29-31,33-37,39-40,42-45H,3-20,25-26H2,1-2H3,(H,38,41)/t29-,30+,31+,33-,34-,35-,36+,37-/m0/s1. The van der Waals surface area contributed by atoms with E-state index in [9.17, 15) is 35.4 Å². The molecule has 11 heteroatoms. The highest BCUT2D eigenvalue weighted by Crippen LogP contribution is 2.23. The smallest absolute Gasteiger partial charge is 0.220 e. The molecular weight excluding hydrogens is 618 g/mol. The van der Waals surface area contributed by atoms with Gasteiger partial charge in [-0.15, -0.1) is 0 Å². The Hall–Kier alpha value is -1.83. The van der Waals surface area contributed by atoms with Gasteiger partial charge in [0.25, 0.3) is 0 Å². The van der Waals surface area contributed by atoms with Gasteiger partial charge in [0.1, 0.15) is 36.3 Å². The maximum atomic E-state index is 12.9. The van der Waals surface area contributed by atoms with E-state index in [1.54, 1.807) is 7.11 Å². The van der Waals surface area contributed by atoms with Crippen LogP contribution in [0.2, 0.25) is 0 Å². The molecule has 1 amide bonds. The molecule has 0 aromatic heterocycles. The summed E-state index contributed by atoms with van der Waals surface area (Å²) in [5.74, 6) is 0.500. The Morgan fingerprint density at radius 2 is 1.40 bits per heavy atom. The molecule has 0 saturated carbocycles. The molecule has 1 fully saturated rings. The summed E-state index contributed by atoms with van der Waals surface area (Å²) >= 11 is 0. The topological polar surface area (TPSA) is 178 Å². The van der Waals surface area contributed by atoms with Gasteiger partial charge >= 0.3 is 0 Å². The van der Waals surface area contributed by atoms with Crippen molar-refractivity contribution in [3.05, 3.63) is 29.8 Å². The van der Waals surface area contributed by atoms with Gasteiger partial charge in [-0.25, -0.2) is 0 Å². The van der Waals surface area contributed by atoms with Crippen LogP contribution in [0.4, 0.5) is 0 Å². The average molecular weight is 684 g/mol. The second-order valence-electron chi connectivity index (χ2n) is 13.3. The minimum atomic E-state index is -1.62. The number of hydrogen-bond acceptors (Lipinski definition) is 10. The number of unbranched alkanes of at least 4 members (excludes halogenated alkanes) is 13. The number of carbonyl (C=O) groups excluding carboxylic acids is 1. The van der Waals surface area contributed by atoms with Crippen LogP contribution in [0, 0.1) is 0 Å². The van der Waals surface area contributed by atoms with Crippen LogP contribution in [0.25, 0.3) is 0 Å². The Morgan fingerprint density at radius 1 is 0.812 bits per heavy atom. The zero-order chi connectivity index (χ0) is 35.1. The average Bonchev–Trinajstić information content (AvgIpc) is 3.09. The van der Waals surface area contributed by atoms with Crippen molar-refractivity contribution < 1.29 is 49.6 Å². The number of carbonyl (C=O) groups is 1. The number of aliphatic hydroxyl groups excluding tert-OH is 6. The summed E-state index contributed by atoms with van der Waals surface area (Å²) in [6.07, 6.45) is 8.26. The van der Waals surface area contributed by atoms with Crippen molar-refractivity contribution in [2.45, 2.75) is 171 Å². The molecule has 278 valence electrons. The van der Waals surface area contributed by atoms with E-state index in [0.29, 0.717) is 12.8 Å². The predicted octanol–water partition coefficient (Wildman–Crippen LogP) is 3.91. The Morgan fingerprint density at radius 3 is 1.98 bits per heavy atom. The van der Waals surface area contributed by atoms with Crippen molar-refractivity contribution in [2.24, 2.45) is 0 Å². The van der Waals surface area contributed by atoms with E-state index in [2.05, 4.69) is 12.2 Å². The second kappa shape index (κ2) is 25.2. The lowest BCUT2D eigenvalue weighted by Crippen LogP contribution is -2.60. The van der Waals surface area contributed by atoms with Crippen molar-refractivity contribution in [1.82, 2.24) is 5.32 Å². The van der Waals surface area contributed by atoms with Gasteiger partial charge in [0, 0.05) is 6.42 Å². The molecular formula is C37H65NO10. The highest BCUT2D eigenvalue weighted by atomic mass is 16.7. The van der Waals surface area contributed by atoms with Crippen molar-refractivity contribution in [2.75, 3.05) is 20.3 Å². The third-order valence-corrected chi connectivity index (χ3v) is 9.32. The minimum absolute atomic E-state index is 0.223. The third-order valence-electron chi connectivity index (χ3n) is 9.32. The van der Waals surface area contributed by atoms with Gasteiger partial charge in [-0.1, -0.05) is 103 Å². The minimum Gasteiger partial charge on any atom is -0.497 e. The van der Waals surface area contributed by atoms with Crippen molar-refractivity contribution in [3.63, 3.8) is 0 Å².